The van der Waals surface area contributed by atoms with Crippen LogP contribution in [0.5, 0.6) is 0 Å². The van der Waals surface area contributed by atoms with Crippen molar-refractivity contribution in [3.05, 3.63) is 36.2 Å². The van der Waals surface area contributed by atoms with Gasteiger partial charge in [0.25, 0.3) is 11.8 Å². The average molecular weight is 343 g/mol. The van der Waals surface area contributed by atoms with Crippen LogP contribution in [0, 0.1) is 0 Å². The molecule has 128 valence electrons. The third-order valence-electron chi connectivity index (χ3n) is 3.33. The van der Waals surface area contributed by atoms with Crippen LogP contribution in [-0.4, -0.2) is 43.4 Å². The topological polar surface area (TPSA) is 124 Å². The highest BCUT2D eigenvalue weighted by Crippen LogP contribution is 2.17. The molecule has 0 radical (unpaired) electrons. The summed E-state index contributed by atoms with van der Waals surface area (Å²) in [5.74, 6) is -0.814. The van der Waals surface area contributed by atoms with Crippen molar-refractivity contribution < 1.29 is 24.0 Å². The van der Waals surface area contributed by atoms with E-state index in [9.17, 15) is 14.4 Å². The molecule has 0 saturated carbocycles. The van der Waals surface area contributed by atoms with E-state index < -0.39 is 24.1 Å². The van der Waals surface area contributed by atoms with Crippen molar-refractivity contribution in [2.45, 2.75) is 25.9 Å². The van der Waals surface area contributed by atoms with Gasteiger partial charge >= 0.3 is 6.16 Å². The van der Waals surface area contributed by atoms with Crippen LogP contribution in [0.2, 0.25) is 0 Å². The Morgan fingerprint density at radius 2 is 1.64 bits per heavy atom. The maximum absolute atomic E-state index is 11.7. The fraction of sp³-hybridized carbons (Fsp3) is 0.267. The number of aromatic nitrogens is 4. The zero-order valence-corrected chi connectivity index (χ0v) is 13.2. The van der Waals surface area contributed by atoms with Gasteiger partial charge in [-0.25, -0.2) is 4.79 Å². The van der Waals surface area contributed by atoms with Crippen molar-refractivity contribution in [1.29, 1.82) is 0 Å². The molecule has 1 aliphatic heterocycles. The smallest absolute Gasteiger partial charge is 0.421 e. The molecule has 1 atom stereocenters. The molecule has 0 bridgehead atoms. The minimum absolute atomic E-state index is 0.000430. The van der Waals surface area contributed by atoms with E-state index in [1.807, 2.05) is 18.2 Å². The molecule has 3 rings (SSSR count). The Bertz CT molecular complexity index is 780. The van der Waals surface area contributed by atoms with Crippen molar-refractivity contribution >= 4 is 18.0 Å². The van der Waals surface area contributed by atoms with E-state index in [0.29, 0.717) is 10.9 Å². The van der Waals surface area contributed by atoms with Gasteiger partial charge in [-0.05, 0) is 6.92 Å². The molecule has 1 aromatic heterocycles. The number of hydroxylamine groups is 2. The SMILES string of the molecule is CC(OC(=O)ON1C(=O)CCC1=O)c1nnc(-c2ccccc2)nn1. The summed E-state index contributed by atoms with van der Waals surface area (Å²) in [5, 5.41) is 16.0. The highest BCUT2D eigenvalue weighted by molar-refractivity contribution is 6.01. The largest absolute Gasteiger partial charge is 0.534 e. The fourth-order valence-corrected chi connectivity index (χ4v) is 2.05. The molecule has 1 aromatic carbocycles. The van der Waals surface area contributed by atoms with Gasteiger partial charge in [-0.15, -0.1) is 20.4 Å². The molecule has 10 nitrogen and oxygen atoms in total. The van der Waals surface area contributed by atoms with Crippen molar-refractivity contribution in [1.82, 2.24) is 25.5 Å². The molecule has 2 heterocycles. The minimum Gasteiger partial charge on any atom is -0.421 e. The summed E-state index contributed by atoms with van der Waals surface area (Å²) in [7, 11) is 0. The molecular formula is C15H13N5O5. The van der Waals surface area contributed by atoms with Gasteiger partial charge in [0, 0.05) is 18.4 Å². The maximum atomic E-state index is 11.7. The summed E-state index contributed by atoms with van der Waals surface area (Å²) in [6, 6.07) is 9.13. The van der Waals surface area contributed by atoms with Crippen LogP contribution in [0.15, 0.2) is 30.3 Å². The van der Waals surface area contributed by atoms with Gasteiger partial charge in [0.2, 0.25) is 11.6 Å². The van der Waals surface area contributed by atoms with Crippen molar-refractivity contribution in [2.24, 2.45) is 0 Å². The fourth-order valence-electron chi connectivity index (χ4n) is 2.05. The van der Waals surface area contributed by atoms with Crippen LogP contribution < -0.4 is 0 Å². The quantitative estimate of drug-likeness (QED) is 0.595. The average Bonchev–Trinajstić information content (AvgIpc) is 2.94. The molecular weight excluding hydrogens is 330 g/mol. The lowest BCUT2D eigenvalue weighted by molar-refractivity contribution is -0.178. The van der Waals surface area contributed by atoms with E-state index in [0.717, 1.165) is 5.56 Å². The summed E-state index contributed by atoms with van der Waals surface area (Å²) in [4.78, 5) is 39.0. The first-order valence-corrected chi connectivity index (χ1v) is 7.41. The lowest BCUT2D eigenvalue weighted by Gasteiger charge is -2.14. The van der Waals surface area contributed by atoms with Crippen LogP contribution in [0.4, 0.5) is 4.79 Å². The first kappa shape index (κ1) is 16.4. The highest BCUT2D eigenvalue weighted by Gasteiger charge is 2.34. The van der Waals surface area contributed by atoms with E-state index in [4.69, 9.17) is 4.74 Å². The summed E-state index contributed by atoms with van der Waals surface area (Å²) < 4.78 is 4.93. The van der Waals surface area contributed by atoms with Crippen LogP contribution in [0.3, 0.4) is 0 Å². The Labute approximate surface area is 141 Å². The van der Waals surface area contributed by atoms with Crippen molar-refractivity contribution in [3.63, 3.8) is 0 Å². The lowest BCUT2D eigenvalue weighted by Crippen LogP contribution is -2.32. The van der Waals surface area contributed by atoms with E-state index in [-0.39, 0.29) is 18.7 Å². The lowest BCUT2D eigenvalue weighted by atomic mass is 10.2. The highest BCUT2D eigenvalue weighted by atomic mass is 16.8. The first-order chi connectivity index (χ1) is 12.0. The number of carbonyl (C=O) groups excluding carboxylic acids is 3. The number of benzene rings is 1. The third kappa shape index (κ3) is 3.74. The number of ether oxygens (including phenoxy) is 1. The minimum atomic E-state index is -1.22. The zero-order valence-electron chi connectivity index (χ0n) is 13.2. The second-order valence-electron chi connectivity index (χ2n) is 5.13. The molecule has 0 aliphatic carbocycles. The standard InChI is InChI=1S/C15H13N5O5/c1-9(24-15(23)25-20-11(21)7-8-12(20)22)13-16-18-14(19-17-13)10-5-3-2-4-6-10/h2-6,9H,7-8H2,1H3. The Balaban J connectivity index is 1.61. The molecule has 2 aromatic rings. The van der Waals surface area contributed by atoms with Crippen molar-refractivity contribution in [2.75, 3.05) is 0 Å². The Morgan fingerprint density at radius 3 is 2.24 bits per heavy atom. The number of hydrogen-bond acceptors (Lipinski definition) is 9. The number of hydrogen-bond donors (Lipinski definition) is 0. The van der Waals surface area contributed by atoms with Gasteiger partial charge in [-0.3, -0.25) is 14.4 Å². The predicted molar refractivity (Wildman–Crippen MR) is 80.1 cm³/mol. The van der Waals surface area contributed by atoms with Crippen LogP contribution in [-0.2, 0) is 19.2 Å². The van der Waals surface area contributed by atoms with E-state index >= 15 is 0 Å². The van der Waals surface area contributed by atoms with E-state index in [1.165, 1.54) is 6.92 Å². The number of rotatable bonds is 4. The van der Waals surface area contributed by atoms with Gasteiger partial charge in [0.15, 0.2) is 6.10 Å². The monoisotopic (exact) mass is 343 g/mol. The molecule has 1 saturated heterocycles. The molecule has 25 heavy (non-hydrogen) atoms. The van der Waals surface area contributed by atoms with Gasteiger partial charge in [-0.2, -0.15) is 0 Å². The maximum Gasteiger partial charge on any atom is 0.534 e. The zero-order chi connectivity index (χ0) is 17.8. The van der Waals surface area contributed by atoms with Crippen LogP contribution >= 0.6 is 0 Å². The Kier molecular flexibility index (Phi) is 4.59. The summed E-state index contributed by atoms with van der Waals surface area (Å²) >= 11 is 0. The normalized spacial score (nSPS) is 15.2. The molecule has 1 unspecified atom stereocenters. The first-order valence-electron chi connectivity index (χ1n) is 7.41. The molecule has 0 spiro atoms. The second-order valence-corrected chi connectivity index (χ2v) is 5.13. The summed E-state index contributed by atoms with van der Waals surface area (Å²) in [6.07, 6.45) is -2.14. The number of amides is 2. The Morgan fingerprint density at radius 1 is 1.04 bits per heavy atom. The molecule has 0 N–H and O–H groups in total. The third-order valence-corrected chi connectivity index (χ3v) is 3.33. The van der Waals surface area contributed by atoms with Gasteiger partial charge < -0.3 is 4.74 Å². The summed E-state index contributed by atoms with van der Waals surface area (Å²) in [6.45, 7) is 1.48. The molecule has 1 fully saturated rings. The number of carbonyl (C=O) groups is 3. The van der Waals surface area contributed by atoms with Crippen LogP contribution in [0.1, 0.15) is 31.7 Å². The number of imide groups is 1. The molecule has 1 aliphatic rings. The van der Waals surface area contributed by atoms with Gasteiger partial charge in [0.05, 0.1) is 0 Å². The van der Waals surface area contributed by atoms with Crippen molar-refractivity contribution in [3.8, 4) is 11.4 Å². The van der Waals surface area contributed by atoms with Gasteiger partial charge in [0.1, 0.15) is 0 Å². The summed E-state index contributed by atoms with van der Waals surface area (Å²) in [5.41, 5.74) is 0.744. The van der Waals surface area contributed by atoms with E-state index in [1.54, 1.807) is 12.1 Å². The number of nitrogens with zero attached hydrogens (tertiary/aromatic N) is 5. The van der Waals surface area contributed by atoms with Crippen LogP contribution in [0.25, 0.3) is 11.4 Å². The molecule has 10 heteroatoms. The predicted octanol–water partition coefficient (Wildman–Crippen LogP) is 1.21. The molecule has 2 amide bonds. The van der Waals surface area contributed by atoms with E-state index in [2.05, 4.69) is 25.2 Å². The Hall–Kier alpha value is -3.43. The second kappa shape index (κ2) is 6.99. The van der Waals surface area contributed by atoms with Gasteiger partial charge in [-0.1, -0.05) is 35.4 Å².